The van der Waals surface area contributed by atoms with Crippen molar-refractivity contribution >= 4 is 0 Å². The minimum Gasteiger partial charge on any atom is -0.495 e. The lowest BCUT2D eigenvalue weighted by Crippen LogP contribution is -1.98. The highest BCUT2D eigenvalue weighted by atomic mass is 16.5. The quantitative estimate of drug-likeness (QED) is 0.915. The molecular weight excluding hydrogens is 266 g/mol. The molecule has 0 saturated carbocycles. The maximum Gasteiger partial charge on any atom is 0.136 e. The summed E-state index contributed by atoms with van der Waals surface area (Å²) in [5, 5.41) is 18.6. The Hall–Kier alpha value is -2.51. The van der Waals surface area contributed by atoms with Gasteiger partial charge >= 0.3 is 0 Å². The zero-order valence-corrected chi connectivity index (χ0v) is 12.0. The first-order chi connectivity index (χ1) is 10.1. The van der Waals surface area contributed by atoms with Gasteiger partial charge in [0.2, 0.25) is 0 Å². The molecule has 21 heavy (non-hydrogen) atoms. The van der Waals surface area contributed by atoms with Gasteiger partial charge in [-0.2, -0.15) is 5.26 Å². The molecule has 0 spiro atoms. The Kier molecular flexibility index (Phi) is 4.81. The van der Waals surface area contributed by atoms with Crippen molar-refractivity contribution in [2.45, 2.75) is 19.6 Å². The van der Waals surface area contributed by atoms with Gasteiger partial charge < -0.3 is 14.6 Å². The second-order valence-electron chi connectivity index (χ2n) is 4.68. The van der Waals surface area contributed by atoms with E-state index in [1.807, 2.05) is 24.3 Å². The molecule has 108 valence electrons. The van der Waals surface area contributed by atoms with Crippen molar-refractivity contribution in [2.75, 3.05) is 7.11 Å². The summed E-state index contributed by atoms with van der Waals surface area (Å²) in [5.74, 6) is 1.24. The average molecular weight is 283 g/mol. The van der Waals surface area contributed by atoms with Crippen LogP contribution in [0.3, 0.4) is 0 Å². The standard InChI is InChI=1S/C17H17NO3/c1-12(19)14-4-3-5-16(9-14)21-11-13-6-7-17(20-2)15(8-13)10-18/h3-9,12,19H,11H2,1-2H3. The van der Waals surface area contributed by atoms with Gasteiger partial charge in [0.25, 0.3) is 0 Å². The Bertz CT molecular complexity index is 659. The van der Waals surface area contributed by atoms with Crippen molar-refractivity contribution in [2.24, 2.45) is 0 Å². The summed E-state index contributed by atoms with van der Waals surface area (Å²) < 4.78 is 10.8. The number of hydrogen-bond acceptors (Lipinski definition) is 4. The van der Waals surface area contributed by atoms with Gasteiger partial charge in [-0.3, -0.25) is 0 Å². The van der Waals surface area contributed by atoms with Crippen molar-refractivity contribution in [3.05, 3.63) is 59.2 Å². The molecule has 1 N–H and O–H groups in total. The lowest BCUT2D eigenvalue weighted by atomic mass is 10.1. The lowest BCUT2D eigenvalue weighted by Gasteiger charge is -2.10. The fourth-order valence-electron chi connectivity index (χ4n) is 1.96. The molecule has 0 saturated heterocycles. The molecule has 2 aromatic carbocycles. The van der Waals surface area contributed by atoms with Crippen molar-refractivity contribution in [3.63, 3.8) is 0 Å². The van der Waals surface area contributed by atoms with Crippen LogP contribution in [0.5, 0.6) is 11.5 Å². The van der Waals surface area contributed by atoms with Crippen LogP contribution in [-0.2, 0) is 6.61 Å². The summed E-state index contributed by atoms with van der Waals surface area (Å²) in [7, 11) is 1.54. The Morgan fingerprint density at radius 1 is 1.24 bits per heavy atom. The Balaban J connectivity index is 2.10. The van der Waals surface area contributed by atoms with E-state index in [1.54, 1.807) is 25.1 Å². The van der Waals surface area contributed by atoms with E-state index in [4.69, 9.17) is 14.7 Å². The van der Waals surface area contributed by atoms with Gasteiger partial charge in [0.1, 0.15) is 24.2 Å². The number of benzene rings is 2. The summed E-state index contributed by atoms with van der Waals surface area (Å²) in [4.78, 5) is 0. The van der Waals surface area contributed by atoms with Gasteiger partial charge in [-0.25, -0.2) is 0 Å². The number of methoxy groups -OCH3 is 1. The van der Waals surface area contributed by atoms with Crippen LogP contribution in [0.2, 0.25) is 0 Å². The average Bonchev–Trinajstić information content (AvgIpc) is 2.52. The molecule has 0 bridgehead atoms. The third-order valence-corrected chi connectivity index (χ3v) is 3.13. The molecule has 1 atom stereocenters. The smallest absolute Gasteiger partial charge is 0.136 e. The Labute approximate surface area is 124 Å². The van der Waals surface area contributed by atoms with E-state index in [0.717, 1.165) is 11.1 Å². The molecule has 0 radical (unpaired) electrons. The van der Waals surface area contributed by atoms with Crippen LogP contribution in [0.1, 0.15) is 29.7 Å². The number of aliphatic hydroxyl groups excluding tert-OH is 1. The van der Waals surface area contributed by atoms with Crippen LogP contribution >= 0.6 is 0 Å². The number of nitrogens with zero attached hydrogens (tertiary/aromatic N) is 1. The first kappa shape index (κ1) is 14.9. The van der Waals surface area contributed by atoms with Crippen molar-refractivity contribution in [1.82, 2.24) is 0 Å². The molecule has 0 fully saturated rings. The normalized spacial score (nSPS) is 11.5. The molecule has 1 unspecified atom stereocenters. The van der Waals surface area contributed by atoms with Gasteiger partial charge in [0, 0.05) is 0 Å². The number of nitriles is 1. The number of hydrogen-bond donors (Lipinski definition) is 1. The second-order valence-corrected chi connectivity index (χ2v) is 4.68. The van der Waals surface area contributed by atoms with Crippen LogP contribution in [0, 0.1) is 11.3 Å². The highest BCUT2D eigenvalue weighted by Gasteiger charge is 2.05. The Morgan fingerprint density at radius 3 is 2.71 bits per heavy atom. The third kappa shape index (κ3) is 3.74. The van der Waals surface area contributed by atoms with Crippen molar-refractivity contribution < 1.29 is 14.6 Å². The number of ether oxygens (including phenoxy) is 2. The van der Waals surface area contributed by atoms with Gasteiger partial charge in [0.15, 0.2) is 0 Å². The fourth-order valence-corrected chi connectivity index (χ4v) is 1.96. The summed E-state index contributed by atoms with van der Waals surface area (Å²) in [6.07, 6.45) is -0.528. The van der Waals surface area contributed by atoms with Gasteiger partial charge in [-0.15, -0.1) is 0 Å². The molecular formula is C17H17NO3. The van der Waals surface area contributed by atoms with E-state index < -0.39 is 6.10 Å². The van der Waals surface area contributed by atoms with E-state index in [1.165, 1.54) is 7.11 Å². The molecule has 4 heteroatoms. The molecule has 0 heterocycles. The fraction of sp³-hybridized carbons (Fsp3) is 0.235. The molecule has 2 rings (SSSR count). The van der Waals surface area contributed by atoms with Gasteiger partial charge in [-0.05, 0) is 42.3 Å². The summed E-state index contributed by atoms with van der Waals surface area (Å²) >= 11 is 0. The zero-order chi connectivity index (χ0) is 15.2. The summed E-state index contributed by atoms with van der Waals surface area (Å²) in [6, 6.07) is 14.8. The third-order valence-electron chi connectivity index (χ3n) is 3.13. The second kappa shape index (κ2) is 6.78. The predicted octanol–water partition coefficient (Wildman–Crippen LogP) is 3.20. The largest absolute Gasteiger partial charge is 0.495 e. The van der Waals surface area contributed by atoms with Crippen LogP contribution in [0.25, 0.3) is 0 Å². The van der Waals surface area contributed by atoms with Crippen LogP contribution < -0.4 is 9.47 Å². The molecule has 0 aromatic heterocycles. The molecule has 0 amide bonds. The van der Waals surface area contributed by atoms with Crippen LogP contribution in [-0.4, -0.2) is 12.2 Å². The van der Waals surface area contributed by atoms with E-state index >= 15 is 0 Å². The molecule has 4 nitrogen and oxygen atoms in total. The van der Waals surface area contributed by atoms with Crippen LogP contribution in [0.15, 0.2) is 42.5 Å². The highest BCUT2D eigenvalue weighted by molar-refractivity contribution is 5.45. The maximum absolute atomic E-state index is 9.55. The zero-order valence-electron chi connectivity index (χ0n) is 12.0. The highest BCUT2D eigenvalue weighted by Crippen LogP contribution is 2.22. The number of aliphatic hydroxyl groups is 1. The topological polar surface area (TPSA) is 62.5 Å². The van der Waals surface area contributed by atoms with Crippen molar-refractivity contribution in [3.8, 4) is 17.6 Å². The maximum atomic E-state index is 9.55. The first-order valence-electron chi connectivity index (χ1n) is 6.62. The molecule has 2 aromatic rings. The monoisotopic (exact) mass is 283 g/mol. The van der Waals surface area contributed by atoms with E-state index in [2.05, 4.69) is 6.07 Å². The van der Waals surface area contributed by atoms with Gasteiger partial charge in [0.05, 0.1) is 18.8 Å². The minimum absolute atomic E-state index is 0.349. The lowest BCUT2D eigenvalue weighted by molar-refractivity contribution is 0.198. The van der Waals surface area contributed by atoms with E-state index in [0.29, 0.717) is 23.7 Å². The molecule has 0 aliphatic rings. The van der Waals surface area contributed by atoms with Crippen LogP contribution in [0.4, 0.5) is 0 Å². The predicted molar refractivity (Wildman–Crippen MR) is 79.1 cm³/mol. The summed E-state index contributed by atoms with van der Waals surface area (Å²) in [6.45, 7) is 2.06. The summed E-state index contributed by atoms with van der Waals surface area (Å²) in [5.41, 5.74) is 2.17. The Morgan fingerprint density at radius 2 is 2.05 bits per heavy atom. The van der Waals surface area contributed by atoms with Gasteiger partial charge in [-0.1, -0.05) is 18.2 Å². The number of rotatable bonds is 5. The van der Waals surface area contributed by atoms with E-state index in [-0.39, 0.29) is 0 Å². The SMILES string of the molecule is COc1ccc(COc2cccc(C(C)O)c2)cc1C#N. The first-order valence-corrected chi connectivity index (χ1v) is 6.62. The van der Waals surface area contributed by atoms with Crippen molar-refractivity contribution in [1.29, 1.82) is 5.26 Å². The molecule has 0 aliphatic heterocycles. The molecule has 0 aliphatic carbocycles. The van der Waals surface area contributed by atoms with E-state index in [9.17, 15) is 5.11 Å². The minimum atomic E-state index is -0.528.